The molecule has 0 unspecified atom stereocenters. The van der Waals surface area contributed by atoms with E-state index in [4.69, 9.17) is 31.8 Å². The Morgan fingerprint density at radius 3 is 2.70 bits per heavy atom. The van der Waals surface area contributed by atoms with Crippen LogP contribution < -0.4 is 5.73 Å². The largest absolute Gasteiger partial charge is 0.465 e. The number of hydrogen-bond acceptors (Lipinski definition) is 5. The van der Waals surface area contributed by atoms with E-state index in [0.29, 0.717) is 16.3 Å². The molecule has 0 aliphatic rings. The van der Waals surface area contributed by atoms with Crippen molar-refractivity contribution >= 4 is 29.6 Å². The first kappa shape index (κ1) is 16.3. The van der Waals surface area contributed by atoms with Crippen molar-refractivity contribution in [2.24, 2.45) is 5.73 Å². The molecule has 0 atom stereocenters. The standard InChI is InChI=1S/C16H11ClN2O4/c1-22-16(21)12-4-2-10(17)7-13(12)14-5-3-11(23-14)6-9(8-18)15(19)20/h2-7H,1H3,(H2,19,20)/b9-6+. The molecule has 1 aromatic heterocycles. The van der Waals surface area contributed by atoms with Crippen LogP contribution in [0, 0.1) is 11.3 Å². The van der Waals surface area contributed by atoms with E-state index in [0.717, 1.165) is 0 Å². The molecule has 1 amide bonds. The molecular formula is C16H11ClN2O4. The van der Waals surface area contributed by atoms with Crippen LogP contribution in [0.5, 0.6) is 0 Å². The highest BCUT2D eigenvalue weighted by atomic mass is 35.5. The Balaban J connectivity index is 2.50. The smallest absolute Gasteiger partial charge is 0.338 e. The quantitative estimate of drug-likeness (QED) is 0.527. The van der Waals surface area contributed by atoms with Crippen molar-refractivity contribution in [2.75, 3.05) is 7.11 Å². The lowest BCUT2D eigenvalue weighted by atomic mass is 10.1. The number of rotatable bonds is 4. The molecule has 0 aliphatic heterocycles. The number of furan rings is 1. The van der Waals surface area contributed by atoms with Crippen LogP contribution in [0.25, 0.3) is 17.4 Å². The van der Waals surface area contributed by atoms with Crippen molar-refractivity contribution in [1.82, 2.24) is 0 Å². The summed E-state index contributed by atoms with van der Waals surface area (Å²) in [5.74, 6) is -0.824. The highest BCUT2D eigenvalue weighted by molar-refractivity contribution is 6.31. The van der Waals surface area contributed by atoms with E-state index in [2.05, 4.69) is 0 Å². The van der Waals surface area contributed by atoms with Crippen molar-refractivity contribution in [3.8, 4) is 17.4 Å². The number of nitriles is 1. The summed E-state index contributed by atoms with van der Waals surface area (Å²) in [6, 6.07) is 9.43. The van der Waals surface area contributed by atoms with E-state index in [9.17, 15) is 9.59 Å². The van der Waals surface area contributed by atoms with Crippen molar-refractivity contribution in [3.05, 3.63) is 52.3 Å². The maximum absolute atomic E-state index is 11.8. The summed E-state index contributed by atoms with van der Waals surface area (Å²) in [5.41, 5.74) is 5.53. The second kappa shape index (κ2) is 6.81. The number of methoxy groups -OCH3 is 1. The van der Waals surface area contributed by atoms with Gasteiger partial charge in [0.05, 0.1) is 12.7 Å². The third-order valence-electron chi connectivity index (χ3n) is 2.95. The van der Waals surface area contributed by atoms with Gasteiger partial charge in [0.2, 0.25) is 0 Å². The summed E-state index contributed by atoms with van der Waals surface area (Å²) < 4.78 is 10.3. The minimum Gasteiger partial charge on any atom is -0.465 e. The molecule has 0 saturated carbocycles. The van der Waals surface area contributed by atoms with Gasteiger partial charge in [-0.05, 0) is 30.3 Å². The molecule has 116 valence electrons. The van der Waals surface area contributed by atoms with Crippen LogP contribution in [0.2, 0.25) is 5.02 Å². The fourth-order valence-electron chi connectivity index (χ4n) is 1.88. The van der Waals surface area contributed by atoms with Gasteiger partial charge in [-0.1, -0.05) is 11.6 Å². The van der Waals surface area contributed by atoms with Crippen molar-refractivity contribution in [1.29, 1.82) is 5.26 Å². The van der Waals surface area contributed by atoms with E-state index < -0.39 is 11.9 Å². The Kier molecular flexibility index (Phi) is 4.84. The summed E-state index contributed by atoms with van der Waals surface area (Å²) >= 11 is 5.96. The normalized spacial score (nSPS) is 10.9. The SMILES string of the molecule is COC(=O)c1ccc(Cl)cc1-c1ccc(/C=C(\C#N)C(N)=O)o1. The van der Waals surface area contributed by atoms with Gasteiger partial charge in [-0.15, -0.1) is 0 Å². The zero-order valence-electron chi connectivity index (χ0n) is 12.0. The number of amides is 1. The second-order valence-corrected chi connectivity index (χ2v) is 4.85. The van der Waals surface area contributed by atoms with Gasteiger partial charge in [-0.25, -0.2) is 4.79 Å². The van der Waals surface area contributed by atoms with Gasteiger partial charge < -0.3 is 14.9 Å². The minimum absolute atomic E-state index is 0.242. The number of carbonyl (C=O) groups excluding carboxylic acids is 2. The van der Waals surface area contributed by atoms with E-state index in [1.54, 1.807) is 24.3 Å². The molecule has 2 rings (SSSR count). The fourth-order valence-corrected chi connectivity index (χ4v) is 2.06. The predicted molar refractivity (Wildman–Crippen MR) is 83.3 cm³/mol. The highest BCUT2D eigenvalue weighted by Gasteiger charge is 2.16. The average Bonchev–Trinajstić information content (AvgIpc) is 3.00. The predicted octanol–water partition coefficient (Wildman–Crippen LogP) is 2.78. The summed E-state index contributed by atoms with van der Waals surface area (Å²) in [7, 11) is 1.27. The summed E-state index contributed by atoms with van der Waals surface area (Å²) in [6.45, 7) is 0. The Hall–Kier alpha value is -3.04. The lowest BCUT2D eigenvalue weighted by Crippen LogP contribution is -2.12. The number of nitrogens with two attached hydrogens (primary N) is 1. The fraction of sp³-hybridized carbons (Fsp3) is 0.0625. The number of halogens is 1. The summed E-state index contributed by atoms with van der Waals surface area (Å²) in [5, 5.41) is 9.24. The van der Waals surface area contributed by atoms with Crippen LogP contribution in [0.3, 0.4) is 0 Å². The van der Waals surface area contributed by atoms with Gasteiger partial charge in [0.1, 0.15) is 23.2 Å². The van der Waals surface area contributed by atoms with Crippen LogP contribution in [-0.2, 0) is 9.53 Å². The monoisotopic (exact) mass is 330 g/mol. The molecule has 7 heteroatoms. The Morgan fingerprint density at radius 1 is 1.35 bits per heavy atom. The lowest BCUT2D eigenvalue weighted by Gasteiger charge is -2.06. The molecular weight excluding hydrogens is 320 g/mol. The molecule has 1 aromatic carbocycles. The van der Waals surface area contributed by atoms with Crippen molar-refractivity contribution in [3.63, 3.8) is 0 Å². The first-order valence-electron chi connectivity index (χ1n) is 6.36. The summed E-state index contributed by atoms with van der Waals surface area (Å²) in [4.78, 5) is 22.9. The van der Waals surface area contributed by atoms with Crippen LogP contribution in [0.1, 0.15) is 16.1 Å². The van der Waals surface area contributed by atoms with Gasteiger partial charge in [-0.3, -0.25) is 4.79 Å². The van der Waals surface area contributed by atoms with Crippen molar-refractivity contribution < 1.29 is 18.7 Å². The molecule has 2 N–H and O–H groups in total. The van der Waals surface area contributed by atoms with E-state index in [-0.39, 0.29) is 16.9 Å². The molecule has 0 bridgehead atoms. The molecule has 2 aromatic rings. The maximum Gasteiger partial charge on any atom is 0.338 e. The third-order valence-corrected chi connectivity index (χ3v) is 3.19. The number of benzene rings is 1. The number of carbonyl (C=O) groups is 2. The molecule has 6 nitrogen and oxygen atoms in total. The highest BCUT2D eigenvalue weighted by Crippen LogP contribution is 2.29. The van der Waals surface area contributed by atoms with Gasteiger partial charge in [0.25, 0.3) is 5.91 Å². The first-order chi connectivity index (χ1) is 11.0. The molecule has 0 aliphatic carbocycles. The molecule has 23 heavy (non-hydrogen) atoms. The first-order valence-corrected chi connectivity index (χ1v) is 6.73. The maximum atomic E-state index is 11.8. The van der Waals surface area contributed by atoms with Crippen molar-refractivity contribution in [2.45, 2.75) is 0 Å². The lowest BCUT2D eigenvalue weighted by molar-refractivity contribution is -0.114. The molecule has 1 heterocycles. The van der Waals surface area contributed by atoms with Crippen LogP contribution in [-0.4, -0.2) is 19.0 Å². The minimum atomic E-state index is -0.858. The average molecular weight is 331 g/mol. The van der Waals surface area contributed by atoms with Gasteiger partial charge in [0.15, 0.2) is 0 Å². The van der Waals surface area contributed by atoms with Crippen LogP contribution in [0.4, 0.5) is 0 Å². The summed E-state index contributed by atoms with van der Waals surface area (Å²) in [6.07, 6.45) is 1.22. The molecule has 0 radical (unpaired) electrons. The number of nitrogens with zero attached hydrogens (tertiary/aromatic N) is 1. The number of primary amides is 1. The number of hydrogen-bond donors (Lipinski definition) is 1. The van der Waals surface area contributed by atoms with E-state index in [1.807, 2.05) is 0 Å². The Labute approximate surface area is 136 Å². The van der Waals surface area contributed by atoms with Crippen LogP contribution in [0.15, 0.2) is 40.3 Å². The molecule has 0 saturated heterocycles. The van der Waals surface area contributed by atoms with Gasteiger partial charge in [0, 0.05) is 16.7 Å². The van der Waals surface area contributed by atoms with Gasteiger partial charge >= 0.3 is 5.97 Å². The zero-order chi connectivity index (χ0) is 17.0. The van der Waals surface area contributed by atoms with Crippen LogP contribution >= 0.6 is 11.6 Å². The van der Waals surface area contributed by atoms with E-state index in [1.165, 1.54) is 25.3 Å². The number of esters is 1. The second-order valence-electron chi connectivity index (χ2n) is 4.42. The van der Waals surface area contributed by atoms with E-state index >= 15 is 0 Å². The molecule has 0 spiro atoms. The van der Waals surface area contributed by atoms with Gasteiger partial charge in [-0.2, -0.15) is 5.26 Å². The topological polar surface area (TPSA) is 106 Å². The number of ether oxygens (including phenoxy) is 1. The Morgan fingerprint density at radius 2 is 2.09 bits per heavy atom. The molecule has 0 fully saturated rings. The Bertz CT molecular complexity index is 846. The zero-order valence-corrected chi connectivity index (χ0v) is 12.8. The third kappa shape index (κ3) is 3.59.